The molecule has 0 atom stereocenters. The standard InChI is InChI=1S/C13H15O/c1-3-4-5-8-11-14-13-10-7-6-9-12(13)2/h6-7,9H,3-5H2,1-2H3. The van der Waals surface area contributed by atoms with Crippen LogP contribution in [0.15, 0.2) is 18.2 Å². The van der Waals surface area contributed by atoms with Gasteiger partial charge in [0.2, 0.25) is 0 Å². The van der Waals surface area contributed by atoms with Crippen molar-refractivity contribution >= 4 is 0 Å². The van der Waals surface area contributed by atoms with Crippen LogP contribution in [-0.2, 0) is 0 Å². The second-order valence-electron chi connectivity index (χ2n) is 3.17. The van der Waals surface area contributed by atoms with Crippen LogP contribution in [-0.4, -0.2) is 0 Å². The van der Waals surface area contributed by atoms with Gasteiger partial charge in [-0.05, 0) is 18.9 Å². The number of hydrogen-bond acceptors (Lipinski definition) is 1. The molecule has 0 unspecified atom stereocenters. The Morgan fingerprint density at radius 2 is 2.36 bits per heavy atom. The van der Waals surface area contributed by atoms with E-state index < -0.39 is 0 Å². The fraction of sp³-hybridized carbons (Fsp3) is 0.385. The Bertz CT molecular complexity index is 331. The molecule has 0 amide bonds. The van der Waals surface area contributed by atoms with Crippen LogP contribution in [0.3, 0.4) is 0 Å². The van der Waals surface area contributed by atoms with Crippen molar-refractivity contribution in [2.45, 2.75) is 33.1 Å². The van der Waals surface area contributed by atoms with Gasteiger partial charge >= 0.3 is 0 Å². The molecule has 1 nitrogen and oxygen atoms in total. The number of para-hydroxylation sites is 1. The summed E-state index contributed by atoms with van der Waals surface area (Å²) in [6.07, 6.45) is 5.91. The smallest absolute Gasteiger partial charge is 0.151 e. The Hall–Kier alpha value is -1.42. The van der Waals surface area contributed by atoms with Crippen molar-refractivity contribution < 1.29 is 4.74 Å². The zero-order chi connectivity index (χ0) is 10.2. The third kappa shape index (κ3) is 3.53. The van der Waals surface area contributed by atoms with Gasteiger partial charge in [-0.3, -0.25) is 0 Å². The molecule has 0 fully saturated rings. The molecule has 1 aromatic carbocycles. The molecule has 1 radical (unpaired) electrons. The van der Waals surface area contributed by atoms with Gasteiger partial charge in [0, 0.05) is 12.5 Å². The highest BCUT2D eigenvalue weighted by Crippen LogP contribution is 2.14. The largest absolute Gasteiger partial charge is 0.407 e. The van der Waals surface area contributed by atoms with Crippen LogP contribution >= 0.6 is 0 Å². The third-order valence-corrected chi connectivity index (χ3v) is 1.90. The molecule has 1 aromatic rings. The minimum Gasteiger partial charge on any atom is -0.407 e. The molecule has 14 heavy (non-hydrogen) atoms. The van der Waals surface area contributed by atoms with E-state index in [0.717, 1.165) is 24.2 Å². The molecular weight excluding hydrogens is 172 g/mol. The van der Waals surface area contributed by atoms with Gasteiger partial charge in [-0.1, -0.05) is 37.5 Å². The zero-order valence-electron chi connectivity index (χ0n) is 8.76. The maximum Gasteiger partial charge on any atom is 0.151 e. The van der Waals surface area contributed by atoms with Gasteiger partial charge in [-0.15, -0.1) is 0 Å². The number of benzene rings is 1. The third-order valence-electron chi connectivity index (χ3n) is 1.90. The first-order valence-electron chi connectivity index (χ1n) is 4.96. The lowest BCUT2D eigenvalue weighted by Crippen LogP contribution is -1.86. The van der Waals surface area contributed by atoms with Crippen molar-refractivity contribution in [3.8, 4) is 17.8 Å². The molecule has 0 bridgehead atoms. The maximum atomic E-state index is 5.27. The van der Waals surface area contributed by atoms with E-state index >= 15 is 0 Å². The summed E-state index contributed by atoms with van der Waals surface area (Å²) in [5.41, 5.74) is 1.07. The first-order valence-corrected chi connectivity index (χ1v) is 4.96. The van der Waals surface area contributed by atoms with E-state index in [9.17, 15) is 0 Å². The molecule has 0 aliphatic heterocycles. The monoisotopic (exact) mass is 187 g/mol. The van der Waals surface area contributed by atoms with E-state index in [1.807, 2.05) is 25.1 Å². The molecule has 0 heterocycles. The molecule has 1 heteroatoms. The first-order chi connectivity index (χ1) is 6.84. The van der Waals surface area contributed by atoms with Gasteiger partial charge in [0.05, 0.1) is 0 Å². The normalized spacial score (nSPS) is 9.00. The van der Waals surface area contributed by atoms with Crippen molar-refractivity contribution in [1.29, 1.82) is 0 Å². The minimum absolute atomic E-state index is 0.733. The summed E-state index contributed by atoms with van der Waals surface area (Å²) < 4.78 is 5.27. The summed E-state index contributed by atoms with van der Waals surface area (Å²) in [5.74, 6) is 3.70. The molecule has 0 aliphatic carbocycles. The summed E-state index contributed by atoms with van der Waals surface area (Å²) in [5, 5.41) is 0. The van der Waals surface area contributed by atoms with Crippen molar-refractivity contribution in [3.63, 3.8) is 0 Å². The fourth-order valence-corrected chi connectivity index (χ4v) is 1.02. The molecular formula is C13H15O. The van der Waals surface area contributed by atoms with E-state index in [-0.39, 0.29) is 0 Å². The van der Waals surface area contributed by atoms with Crippen LogP contribution in [0.25, 0.3) is 0 Å². The van der Waals surface area contributed by atoms with Crippen LogP contribution < -0.4 is 4.74 Å². The Kier molecular flexibility index (Phi) is 4.64. The van der Waals surface area contributed by atoms with Crippen molar-refractivity contribution in [2.75, 3.05) is 0 Å². The van der Waals surface area contributed by atoms with Crippen LogP contribution in [0.5, 0.6) is 5.75 Å². The van der Waals surface area contributed by atoms with Crippen molar-refractivity contribution in [3.05, 3.63) is 29.8 Å². The quantitative estimate of drug-likeness (QED) is 0.521. The molecule has 0 aliphatic rings. The lowest BCUT2D eigenvalue weighted by molar-refractivity contribution is 0.513. The van der Waals surface area contributed by atoms with Gasteiger partial charge in [-0.25, -0.2) is 0 Å². The number of ether oxygens (including phenoxy) is 1. The lowest BCUT2D eigenvalue weighted by atomic mass is 10.2. The highest BCUT2D eigenvalue weighted by molar-refractivity contribution is 5.31. The van der Waals surface area contributed by atoms with E-state index in [2.05, 4.69) is 25.0 Å². The summed E-state index contributed by atoms with van der Waals surface area (Å²) in [4.78, 5) is 0. The van der Waals surface area contributed by atoms with Gasteiger partial charge in [0.1, 0.15) is 6.11 Å². The predicted octanol–water partition coefficient (Wildman–Crippen LogP) is 3.33. The Morgan fingerprint density at radius 1 is 1.50 bits per heavy atom. The minimum atomic E-state index is 0.733. The summed E-state index contributed by atoms with van der Waals surface area (Å²) in [7, 11) is 0. The summed E-state index contributed by atoms with van der Waals surface area (Å²) in [6, 6.07) is 8.76. The topological polar surface area (TPSA) is 9.23 Å². The second kappa shape index (κ2) is 6.10. The van der Waals surface area contributed by atoms with Crippen molar-refractivity contribution in [1.82, 2.24) is 0 Å². The van der Waals surface area contributed by atoms with Crippen LogP contribution in [0.2, 0.25) is 0 Å². The molecule has 73 valence electrons. The van der Waals surface area contributed by atoms with E-state index in [0.29, 0.717) is 0 Å². The van der Waals surface area contributed by atoms with Gasteiger partial charge in [-0.2, -0.15) is 0 Å². The number of aryl methyl sites for hydroxylation is 1. The van der Waals surface area contributed by atoms with Crippen molar-refractivity contribution in [2.24, 2.45) is 0 Å². The Labute approximate surface area is 86.1 Å². The predicted molar refractivity (Wildman–Crippen MR) is 57.9 cm³/mol. The number of hydrogen-bond donors (Lipinski definition) is 0. The maximum absolute atomic E-state index is 5.27. The van der Waals surface area contributed by atoms with Crippen LogP contribution in [0.4, 0.5) is 0 Å². The molecule has 0 saturated heterocycles. The molecule has 1 rings (SSSR count). The highest BCUT2D eigenvalue weighted by atomic mass is 16.5. The average molecular weight is 187 g/mol. The van der Waals surface area contributed by atoms with Gasteiger partial charge < -0.3 is 4.74 Å². The number of unbranched alkanes of at least 4 members (excludes halogenated alkanes) is 2. The Morgan fingerprint density at radius 3 is 3.07 bits per heavy atom. The fourth-order valence-electron chi connectivity index (χ4n) is 1.02. The van der Waals surface area contributed by atoms with Crippen LogP contribution in [0, 0.1) is 25.0 Å². The highest BCUT2D eigenvalue weighted by Gasteiger charge is 1.94. The Balaban J connectivity index is 2.44. The molecule has 0 spiro atoms. The zero-order valence-corrected chi connectivity index (χ0v) is 8.76. The van der Waals surface area contributed by atoms with E-state index in [1.165, 1.54) is 6.42 Å². The summed E-state index contributed by atoms with van der Waals surface area (Å²) in [6.45, 7) is 4.14. The second-order valence-corrected chi connectivity index (χ2v) is 3.17. The SMILES string of the molecule is CCCCC#COc1[c]cccc1C. The average Bonchev–Trinajstić information content (AvgIpc) is 2.20. The first kappa shape index (κ1) is 10.7. The molecule has 0 N–H and O–H groups in total. The van der Waals surface area contributed by atoms with Gasteiger partial charge in [0.15, 0.2) is 5.75 Å². The summed E-state index contributed by atoms with van der Waals surface area (Å²) >= 11 is 0. The molecule has 0 aromatic heterocycles. The number of rotatable bonds is 3. The van der Waals surface area contributed by atoms with Gasteiger partial charge in [0.25, 0.3) is 0 Å². The van der Waals surface area contributed by atoms with E-state index in [4.69, 9.17) is 4.74 Å². The van der Waals surface area contributed by atoms with Crippen LogP contribution in [0.1, 0.15) is 31.7 Å². The van der Waals surface area contributed by atoms with E-state index in [1.54, 1.807) is 0 Å². The molecule has 0 saturated carbocycles. The lowest BCUT2D eigenvalue weighted by Gasteiger charge is -1.99.